The van der Waals surface area contributed by atoms with Crippen molar-refractivity contribution in [2.75, 3.05) is 13.6 Å². The zero-order valence-corrected chi connectivity index (χ0v) is 18.7. The van der Waals surface area contributed by atoms with E-state index in [0.29, 0.717) is 11.4 Å². The Labute approximate surface area is 186 Å². The molecule has 1 fully saturated rings. The standard InChI is InChI=1S/C23H28N6O3/c1-23(2,3)20(22(32)28-12-15(30)11-19(28)21(31)24-4)29-13-18(26-27-29)17-10-9-14-7-5-6-8-16(14)25-17/h5-10,13,15,19-20,30H,11-12H2,1-4H3,(H,24,31)/t15?,19?,20-/m1/s1. The molecule has 0 bridgehead atoms. The lowest BCUT2D eigenvalue weighted by molar-refractivity contribution is -0.144. The van der Waals surface area contributed by atoms with Gasteiger partial charge in [0, 0.05) is 25.4 Å². The number of carbonyl (C=O) groups is 2. The van der Waals surface area contributed by atoms with E-state index in [2.05, 4.69) is 20.6 Å². The van der Waals surface area contributed by atoms with E-state index in [4.69, 9.17) is 0 Å². The lowest BCUT2D eigenvalue weighted by Gasteiger charge is -2.34. The number of hydrogen-bond acceptors (Lipinski definition) is 6. The molecule has 2 N–H and O–H groups in total. The van der Waals surface area contributed by atoms with Crippen molar-refractivity contribution in [3.05, 3.63) is 42.6 Å². The largest absolute Gasteiger partial charge is 0.391 e. The highest BCUT2D eigenvalue weighted by molar-refractivity contribution is 5.90. The Morgan fingerprint density at radius 3 is 2.62 bits per heavy atom. The molecule has 2 aromatic heterocycles. The van der Waals surface area contributed by atoms with Crippen molar-refractivity contribution in [1.29, 1.82) is 0 Å². The summed E-state index contributed by atoms with van der Waals surface area (Å²) in [7, 11) is 1.52. The Kier molecular flexibility index (Phi) is 5.68. The normalized spacial score (nSPS) is 19.8. The van der Waals surface area contributed by atoms with Crippen LogP contribution in [-0.4, -0.2) is 67.5 Å². The zero-order valence-electron chi connectivity index (χ0n) is 18.7. The molecule has 1 aliphatic heterocycles. The van der Waals surface area contributed by atoms with E-state index < -0.39 is 23.6 Å². The number of aliphatic hydroxyl groups is 1. The summed E-state index contributed by atoms with van der Waals surface area (Å²) in [5.41, 5.74) is 1.55. The number of aromatic nitrogens is 4. The lowest BCUT2D eigenvalue weighted by Crippen LogP contribution is -2.49. The maximum absolute atomic E-state index is 13.6. The van der Waals surface area contributed by atoms with E-state index in [0.717, 1.165) is 10.9 Å². The average Bonchev–Trinajstić information content (AvgIpc) is 3.39. The Balaban J connectivity index is 1.68. The Morgan fingerprint density at radius 1 is 1.16 bits per heavy atom. The van der Waals surface area contributed by atoms with Gasteiger partial charge in [0.05, 0.1) is 23.5 Å². The zero-order chi connectivity index (χ0) is 23.0. The molecule has 9 heteroatoms. The summed E-state index contributed by atoms with van der Waals surface area (Å²) in [5.74, 6) is -0.562. The van der Waals surface area contributed by atoms with Gasteiger partial charge in [-0.05, 0) is 17.5 Å². The number of nitrogens with zero attached hydrogens (tertiary/aromatic N) is 5. The molecule has 0 radical (unpaired) electrons. The number of rotatable bonds is 4. The molecular formula is C23H28N6O3. The van der Waals surface area contributed by atoms with Gasteiger partial charge in [-0.2, -0.15) is 0 Å². The van der Waals surface area contributed by atoms with Crippen molar-refractivity contribution < 1.29 is 14.7 Å². The highest BCUT2D eigenvalue weighted by Crippen LogP contribution is 2.35. The van der Waals surface area contributed by atoms with Gasteiger partial charge in [-0.3, -0.25) is 9.59 Å². The maximum Gasteiger partial charge on any atom is 0.248 e. The first kappa shape index (κ1) is 21.9. The van der Waals surface area contributed by atoms with Crippen LogP contribution in [0.15, 0.2) is 42.6 Å². The summed E-state index contributed by atoms with van der Waals surface area (Å²) in [6, 6.07) is 10.2. The first-order valence-corrected chi connectivity index (χ1v) is 10.7. The van der Waals surface area contributed by atoms with Crippen molar-refractivity contribution >= 4 is 22.7 Å². The van der Waals surface area contributed by atoms with Crippen molar-refractivity contribution in [2.45, 2.75) is 45.4 Å². The van der Waals surface area contributed by atoms with Crippen molar-refractivity contribution in [3.8, 4) is 11.4 Å². The van der Waals surface area contributed by atoms with Gasteiger partial charge >= 0.3 is 0 Å². The van der Waals surface area contributed by atoms with Gasteiger partial charge < -0.3 is 15.3 Å². The average molecular weight is 437 g/mol. The molecular weight excluding hydrogens is 408 g/mol. The number of carbonyl (C=O) groups excluding carboxylic acids is 2. The fourth-order valence-electron chi connectivity index (χ4n) is 4.24. The third-order valence-corrected chi connectivity index (χ3v) is 5.80. The quantitative estimate of drug-likeness (QED) is 0.645. The van der Waals surface area contributed by atoms with Gasteiger partial charge in [0.2, 0.25) is 11.8 Å². The van der Waals surface area contributed by atoms with Gasteiger partial charge in [0.25, 0.3) is 0 Å². The Hall–Kier alpha value is -3.33. The van der Waals surface area contributed by atoms with Crippen molar-refractivity contribution in [3.63, 3.8) is 0 Å². The predicted molar refractivity (Wildman–Crippen MR) is 119 cm³/mol. The van der Waals surface area contributed by atoms with Crippen LogP contribution in [-0.2, 0) is 9.59 Å². The second kappa shape index (κ2) is 8.31. The molecule has 4 rings (SSSR count). The van der Waals surface area contributed by atoms with Crippen molar-refractivity contribution in [2.24, 2.45) is 5.41 Å². The number of benzene rings is 1. The lowest BCUT2D eigenvalue weighted by atomic mass is 9.85. The summed E-state index contributed by atoms with van der Waals surface area (Å²) in [6.07, 6.45) is 1.19. The second-order valence-corrected chi connectivity index (χ2v) is 9.25. The molecule has 168 valence electrons. The van der Waals surface area contributed by atoms with Crippen LogP contribution in [0.2, 0.25) is 0 Å². The van der Waals surface area contributed by atoms with Crippen LogP contribution >= 0.6 is 0 Å². The fourth-order valence-corrected chi connectivity index (χ4v) is 4.24. The number of aliphatic hydroxyl groups excluding tert-OH is 1. The summed E-state index contributed by atoms with van der Waals surface area (Å²) in [5, 5.41) is 22.3. The molecule has 2 amide bonds. The molecule has 32 heavy (non-hydrogen) atoms. The van der Waals surface area contributed by atoms with E-state index in [9.17, 15) is 14.7 Å². The number of para-hydroxylation sites is 1. The highest BCUT2D eigenvalue weighted by atomic mass is 16.3. The minimum atomic E-state index is -0.741. The van der Waals surface area contributed by atoms with Crippen LogP contribution in [0.4, 0.5) is 0 Å². The fraction of sp³-hybridized carbons (Fsp3) is 0.435. The smallest absolute Gasteiger partial charge is 0.248 e. The summed E-state index contributed by atoms with van der Waals surface area (Å²) in [6.45, 7) is 5.92. The molecule has 1 saturated heterocycles. The number of hydrogen-bond donors (Lipinski definition) is 2. The highest BCUT2D eigenvalue weighted by Gasteiger charge is 2.45. The van der Waals surface area contributed by atoms with Gasteiger partial charge in [0.1, 0.15) is 17.8 Å². The second-order valence-electron chi connectivity index (χ2n) is 9.25. The predicted octanol–water partition coefficient (Wildman–Crippen LogP) is 1.79. The molecule has 1 aromatic carbocycles. The van der Waals surface area contributed by atoms with Gasteiger partial charge in [0.15, 0.2) is 0 Å². The van der Waals surface area contributed by atoms with E-state index in [-0.39, 0.29) is 24.8 Å². The van der Waals surface area contributed by atoms with Crippen LogP contribution in [0.25, 0.3) is 22.3 Å². The molecule has 0 saturated carbocycles. The van der Waals surface area contributed by atoms with Crippen LogP contribution < -0.4 is 5.32 Å². The summed E-state index contributed by atoms with van der Waals surface area (Å²) < 4.78 is 1.54. The van der Waals surface area contributed by atoms with Gasteiger partial charge in [-0.15, -0.1) is 5.10 Å². The van der Waals surface area contributed by atoms with E-state index in [1.54, 1.807) is 10.9 Å². The monoisotopic (exact) mass is 436 g/mol. The molecule has 2 unspecified atom stereocenters. The topological polar surface area (TPSA) is 113 Å². The van der Waals surface area contributed by atoms with Crippen LogP contribution in [0.5, 0.6) is 0 Å². The van der Waals surface area contributed by atoms with Crippen molar-refractivity contribution in [1.82, 2.24) is 30.2 Å². The van der Waals surface area contributed by atoms with Crippen LogP contribution in [0.1, 0.15) is 33.2 Å². The molecule has 3 heterocycles. The number of likely N-dealkylation sites (N-methyl/N-ethyl adjacent to an activating group) is 1. The van der Waals surface area contributed by atoms with E-state index >= 15 is 0 Å². The Morgan fingerprint density at radius 2 is 1.91 bits per heavy atom. The minimum absolute atomic E-state index is 0.108. The molecule has 3 aromatic rings. The number of fused-ring (bicyclic) bond motifs is 1. The first-order valence-electron chi connectivity index (χ1n) is 10.7. The summed E-state index contributed by atoms with van der Waals surface area (Å²) in [4.78, 5) is 32.1. The third-order valence-electron chi connectivity index (χ3n) is 5.80. The molecule has 0 spiro atoms. The number of pyridine rings is 1. The molecule has 1 aliphatic rings. The molecule has 0 aliphatic carbocycles. The summed E-state index contributed by atoms with van der Waals surface area (Å²) >= 11 is 0. The van der Waals surface area contributed by atoms with Crippen LogP contribution in [0.3, 0.4) is 0 Å². The third kappa shape index (κ3) is 4.08. The minimum Gasteiger partial charge on any atom is -0.391 e. The van der Waals surface area contributed by atoms with Gasteiger partial charge in [-0.25, -0.2) is 9.67 Å². The number of amides is 2. The Bertz CT molecular complexity index is 1150. The van der Waals surface area contributed by atoms with Crippen LogP contribution in [0, 0.1) is 5.41 Å². The van der Waals surface area contributed by atoms with E-state index in [1.807, 2.05) is 57.2 Å². The number of nitrogens with one attached hydrogen (secondary N) is 1. The number of β-amino-alcohol motifs (C(OH)–C–C–N with tert-alkyl or cyclic N) is 1. The van der Waals surface area contributed by atoms with Gasteiger partial charge in [-0.1, -0.05) is 50.3 Å². The molecule has 3 atom stereocenters. The maximum atomic E-state index is 13.6. The first-order chi connectivity index (χ1) is 15.2. The van der Waals surface area contributed by atoms with E-state index in [1.165, 1.54) is 11.9 Å². The number of likely N-dealkylation sites (tertiary alicyclic amines) is 1. The SMILES string of the molecule is CNC(=O)C1CC(O)CN1C(=O)[C@@H](n1cc(-c2ccc3ccccc3n2)nn1)C(C)(C)C. The molecule has 9 nitrogen and oxygen atoms in total.